The molecule has 37 heavy (non-hydrogen) atoms. The van der Waals surface area contributed by atoms with E-state index >= 15 is 0 Å². The van der Waals surface area contributed by atoms with E-state index in [4.69, 9.17) is 33.3 Å². The monoisotopic (exact) mass is 513 g/mol. The maximum atomic E-state index is 8.89. The van der Waals surface area contributed by atoms with Crippen LogP contribution in [0.15, 0.2) is 53.3 Å². The molecule has 0 amide bonds. The number of ether oxygens (including phenoxy) is 2. The summed E-state index contributed by atoms with van der Waals surface area (Å²) >= 11 is 0. The van der Waals surface area contributed by atoms with Crippen molar-refractivity contribution in [3.63, 3.8) is 0 Å². The smallest absolute Gasteiger partial charge is 0.225 e. The van der Waals surface area contributed by atoms with E-state index in [1.807, 2.05) is 0 Å². The van der Waals surface area contributed by atoms with E-state index in [2.05, 4.69) is 20.2 Å². The highest BCUT2D eigenvalue weighted by Gasteiger charge is 2.20. The quantitative estimate of drug-likeness (QED) is 0.293. The third-order valence-corrected chi connectivity index (χ3v) is 5.39. The summed E-state index contributed by atoms with van der Waals surface area (Å²) in [6.45, 7) is -16.6. The molecule has 192 valence electrons. The van der Waals surface area contributed by atoms with Gasteiger partial charge in [0.15, 0.2) is 17.1 Å². The van der Waals surface area contributed by atoms with Crippen LogP contribution in [-0.4, -0.2) is 87.1 Å². The van der Waals surface area contributed by atoms with Crippen LogP contribution < -0.4 is 15.4 Å². The van der Waals surface area contributed by atoms with Gasteiger partial charge in [0.05, 0.1) is 39.2 Å². The first-order valence-electron chi connectivity index (χ1n) is 16.2. The summed E-state index contributed by atoms with van der Waals surface area (Å²) in [5.41, 5.74) is 5.96. The van der Waals surface area contributed by atoms with Gasteiger partial charge in [-0.3, -0.25) is 4.90 Å². The minimum atomic E-state index is -3.31. The zero-order chi connectivity index (χ0) is 34.2. The van der Waals surface area contributed by atoms with Gasteiger partial charge in [-0.1, -0.05) is 0 Å². The lowest BCUT2D eigenvalue weighted by molar-refractivity contribution is 0.146. The summed E-state index contributed by atoms with van der Waals surface area (Å²) in [6.07, 6.45) is 2.67. The number of aromatic nitrogens is 6. The summed E-state index contributed by atoms with van der Waals surface area (Å²) in [5, 5.41) is 8.57. The van der Waals surface area contributed by atoms with E-state index in [1.54, 1.807) is 12.1 Å². The SMILES string of the molecule is [2H]C([2H])(CN1C([2H])([2H])C([2H])([2H])N(c2ccc(OCCOC)cc2)C([2H])([2H])C1([2H])[2H])n1ncc2c1nc(N)n1nc(-c3ccco3)nc21. The lowest BCUT2D eigenvalue weighted by Gasteiger charge is -2.36. The van der Waals surface area contributed by atoms with Gasteiger partial charge in [-0.2, -0.15) is 14.6 Å². The first kappa shape index (κ1) is 14.5. The van der Waals surface area contributed by atoms with Crippen molar-refractivity contribution in [1.29, 1.82) is 0 Å². The van der Waals surface area contributed by atoms with Crippen LogP contribution in [0, 0.1) is 0 Å². The summed E-state index contributed by atoms with van der Waals surface area (Å²) in [7, 11) is 1.50. The number of piperazine rings is 1. The molecule has 1 aliphatic heterocycles. The molecule has 1 aromatic carbocycles. The van der Waals surface area contributed by atoms with Crippen LogP contribution in [-0.2, 0) is 11.2 Å². The maximum absolute atomic E-state index is 8.89. The minimum Gasteiger partial charge on any atom is -0.491 e. The number of nitrogens with zero attached hydrogens (tertiary/aromatic N) is 8. The van der Waals surface area contributed by atoms with Gasteiger partial charge < -0.3 is 24.5 Å². The third-order valence-electron chi connectivity index (χ3n) is 5.39. The Morgan fingerprint density at radius 3 is 2.68 bits per heavy atom. The van der Waals surface area contributed by atoms with Crippen molar-refractivity contribution < 1.29 is 27.6 Å². The van der Waals surface area contributed by atoms with Crippen LogP contribution in [0.2, 0.25) is 0 Å². The second kappa shape index (κ2) is 10.1. The molecule has 12 nitrogen and oxygen atoms in total. The number of anilines is 2. The first-order chi connectivity index (χ1) is 21.9. The van der Waals surface area contributed by atoms with Crippen molar-refractivity contribution in [3.8, 4) is 17.3 Å². The van der Waals surface area contributed by atoms with Crippen molar-refractivity contribution in [1.82, 2.24) is 34.3 Å². The van der Waals surface area contributed by atoms with Gasteiger partial charge in [-0.25, -0.2) is 9.67 Å². The first-order valence-corrected chi connectivity index (χ1v) is 11.2. The van der Waals surface area contributed by atoms with Crippen molar-refractivity contribution in [2.45, 2.75) is 6.50 Å². The summed E-state index contributed by atoms with van der Waals surface area (Å²) in [4.78, 5) is 9.21. The van der Waals surface area contributed by atoms with Crippen LogP contribution in [0.1, 0.15) is 13.7 Å². The Hall–Kier alpha value is -4.16. The average Bonchev–Trinajstić information content (AvgIpc) is 3.76. The predicted molar refractivity (Wildman–Crippen MR) is 139 cm³/mol. The molecule has 0 radical (unpaired) electrons. The Morgan fingerprint density at radius 1 is 1.08 bits per heavy atom. The highest BCUT2D eigenvalue weighted by molar-refractivity contribution is 5.90. The molecular formula is C25H29N9O3. The fourth-order valence-corrected chi connectivity index (χ4v) is 3.59. The van der Waals surface area contributed by atoms with Crippen LogP contribution in [0.25, 0.3) is 28.3 Å². The molecule has 6 rings (SSSR count). The molecule has 5 heterocycles. The molecular weight excluding hydrogens is 474 g/mol. The van der Waals surface area contributed by atoms with E-state index in [9.17, 15) is 0 Å². The topological polar surface area (TPSA) is 125 Å². The summed E-state index contributed by atoms with van der Waals surface area (Å²) in [6, 6.07) is 8.67. The maximum Gasteiger partial charge on any atom is 0.225 e. The highest BCUT2D eigenvalue weighted by Crippen LogP contribution is 2.24. The molecule has 1 fully saturated rings. The zero-order valence-electron chi connectivity index (χ0n) is 29.6. The fraction of sp³-hybridized carbons (Fsp3) is 0.360. The molecule has 0 saturated carbocycles. The van der Waals surface area contributed by atoms with E-state index in [1.165, 1.54) is 48.4 Å². The lowest BCUT2D eigenvalue weighted by atomic mass is 10.2. The van der Waals surface area contributed by atoms with Crippen LogP contribution in [0.4, 0.5) is 11.6 Å². The van der Waals surface area contributed by atoms with Crippen molar-refractivity contribution in [2.24, 2.45) is 0 Å². The normalized spacial score (nSPS) is 24.5. The molecule has 1 saturated heterocycles. The standard InChI is InChI=1S/C25H29N9O3/c1-35-15-16-36-19-6-4-18(5-7-19)32-11-8-31(9-12-32)10-13-33-23-20(17-27-33)24-28-22(21-3-2-14-37-21)30-34(24)25(26)29-23/h2-7,14,17H,8-13,15-16H2,1H3,(H2,26,29)/i8D2,9D2,11D2,12D2,13D2. The van der Waals surface area contributed by atoms with Gasteiger partial charge in [0, 0.05) is 50.8 Å². The van der Waals surface area contributed by atoms with E-state index in [0.29, 0.717) is 23.0 Å². The Kier molecular flexibility index (Phi) is 3.96. The number of furan rings is 1. The van der Waals surface area contributed by atoms with Gasteiger partial charge in [-0.15, -0.1) is 5.10 Å². The number of benzene rings is 1. The number of nitrogen functional groups attached to an aromatic ring is 1. The number of fused-ring (bicyclic) bond motifs is 3. The minimum absolute atomic E-state index is 0.142. The van der Waals surface area contributed by atoms with E-state index < -0.39 is 39.0 Å². The van der Waals surface area contributed by atoms with E-state index in [0.717, 1.165) is 4.68 Å². The zero-order valence-corrected chi connectivity index (χ0v) is 19.6. The van der Waals surface area contributed by atoms with Gasteiger partial charge in [-0.05, 0) is 36.4 Å². The predicted octanol–water partition coefficient (Wildman–Crippen LogP) is 2.16. The summed E-state index contributed by atoms with van der Waals surface area (Å²) < 4.78 is 106. The molecule has 12 heteroatoms. The van der Waals surface area contributed by atoms with Gasteiger partial charge in [0.2, 0.25) is 11.8 Å². The Bertz CT molecular complexity index is 1880. The Morgan fingerprint density at radius 2 is 1.92 bits per heavy atom. The average molecular weight is 514 g/mol. The van der Waals surface area contributed by atoms with Gasteiger partial charge in [0.1, 0.15) is 12.4 Å². The van der Waals surface area contributed by atoms with Gasteiger partial charge >= 0.3 is 0 Å². The third kappa shape index (κ3) is 4.68. The molecule has 0 spiro atoms. The van der Waals surface area contributed by atoms with Crippen LogP contribution >= 0.6 is 0 Å². The number of hydrogen-bond donors (Lipinski definition) is 1. The largest absolute Gasteiger partial charge is 0.491 e. The van der Waals surface area contributed by atoms with Gasteiger partial charge in [0.25, 0.3) is 0 Å². The van der Waals surface area contributed by atoms with Crippen LogP contribution in [0.3, 0.4) is 0 Å². The molecule has 1 aliphatic rings. The second-order valence-electron chi connectivity index (χ2n) is 7.77. The Balaban J connectivity index is 1.37. The highest BCUT2D eigenvalue weighted by atomic mass is 16.5. The van der Waals surface area contributed by atoms with Crippen molar-refractivity contribution in [3.05, 3.63) is 48.9 Å². The molecule has 0 aliphatic carbocycles. The molecule has 0 unspecified atom stereocenters. The molecule has 5 aromatic rings. The molecule has 0 bridgehead atoms. The second-order valence-corrected chi connectivity index (χ2v) is 7.77. The fourth-order valence-electron chi connectivity index (χ4n) is 3.59. The molecule has 0 atom stereocenters. The van der Waals surface area contributed by atoms with Crippen molar-refractivity contribution in [2.75, 3.05) is 63.5 Å². The number of nitrogens with two attached hydrogens (primary N) is 1. The Labute approximate surface area is 227 Å². The van der Waals surface area contributed by atoms with Crippen molar-refractivity contribution >= 4 is 28.3 Å². The number of methoxy groups -OCH3 is 1. The number of rotatable bonds is 9. The number of hydrogen-bond acceptors (Lipinski definition) is 10. The summed E-state index contributed by atoms with van der Waals surface area (Å²) in [5.74, 6) is 0.662. The molecule has 2 N–H and O–H groups in total. The van der Waals surface area contributed by atoms with Crippen LogP contribution in [0.5, 0.6) is 5.75 Å². The molecule has 4 aromatic heterocycles. The van der Waals surface area contributed by atoms with E-state index in [-0.39, 0.29) is 45.6 Å². The lowest BCUT2D eigenvalue weighted by Crippen LogP contribution is -2.47.